The summed E-state index contributed by atoms with van der Waals surface area (Å²) < 4.78 is 0. The third kappa shape index (κ3) is 5.47. The van der Waals surface area contributed by atoms with Crippen LogP contribution in [0.1, 0.15) is 44.6 Å². The second-order valence-electron chi connectivity index (χ2n) is 7.95. The number of hydrogen-bond acceptors (Lipinski definition) is 2. The van der Waals surface area contributed by atoms with Gasteiger partial charge in [-0.15, -0.1) is 0 Å². The largest absolute Gasteiger partial charge is 0.356 e. The summed E-state index contributed by atoms with van der Waals surface area (Å²) in [5, 5.41) is 3.41. The Bertz CT molecular complexity index is 630. The highest BCUT2D eigenvalue weighted by Crippen LogP contribution is 2.21. The van der Waals surface area contributed by atoms with E-state index in [2.05, 4.69) is 57.4 Å². The number of amides is 1. The number of hydrogen-bond donors (Lipinski definition) is 1. The maximum Gasteiger partial charge on any atom is 0.224 e. The molecule has 27 heavy (non-hydrogen) atoms. The monoisotopic (exact) mass is 370 g/mol. The number of piperidine rings is 1. The fourth-order valence-corrected chi connectivity index (χ4v) is 4.36. The smallest absolute Gasteiger partial charge is 0.224 e. The zero-order valence-corrected chi connectivity index (χ0v) is 16.9. The van der Waals surface area contributed by atoms with E-state index >= 15 is 0 Å². The van der Waals surface area contributed by atoms with Crippen LogP contribution in [0, 0.1) is 5.92 Å². The van der Waals surface area contributed by atoms with E-state index in [9.17, 15) is 4.79 Å². The van der Waals surface area contributed by atoms with Gasteiger partial charge >= 0.3 is 0 Å². The van der Waals surface area contributed by atoms with Crippen LogP contribution in [0.5, 0.6) is 0 Å². The number of guanidine groups is 1. The van der Waals surface area contributed by atoms with Crippen molar-refractivity contribution in [3.05, 3.63) is 35.9 Å². The van der Waals surface area contributed by atoms with Crippen molar-refractivity contribution in [3.8, 4) is 0 Å². The van der Waals surface area contributed by atoms with E-state index in [-0.39, 0.29) is 5.91 Å². The van der Waals surface area contributed by atoms with Gasteiger partial charge in [0.05, 0.1) is 0 Å². The lowest BCUT2D eigenvalue weighted by Crippen LogP contribution is -2.45. The van der Waals surface area contributed by atoms with Crippen molar-refractivity contribution >= 4 is 11.9 Å². The van der Waals surface area contributed by atoms with Gasteiger partial charge in [0.15, 0.2) is 5.96 Å². The van der Waals surface area contributed by atoms with Crippen LogP contribution in [0.4, 0.5) is 0 Å². The standard InChI is InChI=1S/C22H34N4O/c1-18-8-6-7-14-26(18)21(27)11-13-24-22(23-2)25-15-12-20(17-25)16-19-9-4-3-5-10-19/h3-5,9-10,18,20H,6-8,11-17H2,1-2H3,(H,23,24). The summed E-state index contributed by atoms with van der Waals surface area (Å²) in [6.45, 7) is 5.82. The first-order valence-electron chi connectivity index (χ1n) is 10.5. The Morgan fingerprint density at radius 3 is 2.74 bits per heavy atom. The molecule has 5 nitrogen and oxygen atoms in total. The van der Waals surface area contributed by atoms with Gasteiger partial charge < -0.3 is 15.1 Å². The Kier molecular flexibility index (Phi) is 7.13. The van der Waals surface area contributed by atoms with Gasteiger partial charge in [-0.2, -0.15) is 0 Å². The molecule has 1 aromatic carbocycles. The fraction of sp³-hybridized carbons (Fsp3) is 0.636. The second-order valence-corrected chi connectivity index (χ2v) is 7.95. The molecule has 2 aliphatic rings. The molecule has 0 spiro atoms. The number of rotatable bonds is 5. The summed E-state index contributed by atoms with van der Waals surface area (Å²) in [6, 6.07) is 11.1. The Balaban J connectivity index is 1.42. The van der Waals surface area contributed by atoms with Gasteiger partial charge in [0.2, 0.25) is 5.91 Å². The zero-order chi connectivity index (χ0) is 19.1. The Hall–Kier alpha value is -2.04. The van der Waals surface area contributed by atoms with Crippen LogP contribution in [0.3, 0.4) is 0 Å². The van der Waals surface area contributed by atoms with E-state index < -0.39 is 0 Å². The lowest BCUT2D eigenvalue weighted by atomic mass is 9.99. The molecule has 0 saturated carbocycles. The number of nitrogens with zero attached hydrogens (tertiary/aromatic N) is 3. The summed E-state index contributed by atoms with van der Waals surface area (Å²) in [5.41, 5.74) is 1.41. The quantitative estimate of drug-likeness (QED) is 0.640. The molecular formula is C22H34N4O. The average Bonchev–Trinajstić information content (AvgIpc) is 3.14. The van der Waals surface area contributed by atoms with Crippen molar-refractivity contribution in [2.24, 2.45) is 10.9 Å². The first-order valence-corrected chi connectivity index (χ1v) is 10.5. The van der Waals surface area contributed by atoms with Crippen LogP contribution in [-0.2, 0) is 11.2 Å². The van der Waals surface area contributed by atoms with Gasteiger partial charge in [-0.3, -0.25) is 9.79 Å². The normalized spacial score (nSPS) is 23.6. The van der Waals surface area contributed by atoms with Gasteiger partial charge in [0.25, 0.3) is 0 Å². The van der Waals surface area contributed by atoms with E-state index in [0.717, 1.165) is 44.9 Å². The van der Waals surface area contributed by atoms with Crippen LogP contribution in [-0.4, -0.2) is 60.9 Å². The van der Waals surface area contributed by atoms with Crippen molar-refractivity contribution < 1.29 is 4.79 Å². The van der Waals surface area contributed by atoms with Crippen molar-refractivity contribution in [2.45, 2.75) is 51.5 Å². The van der Waals surface area contributed by atoms with E-state index in [4.69, 9.17) is 0 Å². The second kappa shape index (κ2) is 9.77. The predicted octanol–water partition coefficient (Wildman–Crippen LogP) is 2.92. The maximum atomic E-state index is 12.5. The van der Waals surface area contributed by atoms with Gasteiger partial charge in [0.1, 0.15) is 0 Å². The molecule has 0 radical (unpaired) electrons. The number of likely N-dealkylation sites (tertiary alicyclic amines) is 2. The van der Waals surface area contributed by atoms with E-state index in [1.807, 2.05) is 7.05 Å². The molecule has 148 valence electrons. The number of carbonyl (C=O) groups is 1. The third-order valence-electron chi connectivity index (χ3n) is 5.91. The minimum Gasteiger partial charge on any atom is -0.356 e. The molecule has 2 saturated heterocycles. The summed E-state index contributed by atoms with van der Waals surface area (Å²) in [6.07, 6.45) is 6.39. The van der Waals surface area contributed by atoms with Gasteiger partial charge in [-0.05, 0) is 50.5 Å². The molecule has 5 heteroatoms. The van der Waals surface area contributed by atoms with Crippen LogP contribution in [0.25, 0.3) is 0 Å². The molecule has 2 unspecified atom stereocenters. The zero-order valence-electron chi connectivity index (χ0n) is 16.9. The summed E-state index contributed by atoms with van der Waals surface area (Å²) in [4.78, 5) is 21.3. The Morgan fingerprint density at radius 2 is 2.00 bits per heavy atom. The molecule has 0 bridgehead atoms. The van der Waals surface area contributed by atoms with Crippen LogP contribution in [0.15, 0.2) is 35.3 Å². The van der Waals surface area contributed by atoms with Crippen molar-refractivity contribution in [1.29, 1.82) is 0 Å². The summed E-state index contributed by atoms with van der Waals surface area (Å²) in [5.74, 6) is 1.88. The van der Waals surface area contributed by atoms with Crippen molar-refractivity contribution in [3.63, 3.8) is 0 Å². The first-order chi connectivity index (χ1) is 13.2. The number of aliphatic imine (C=N–C) groups is 1. The number of carbonyl (C=O) groups excluding carboxylic acids is 1. The molecule has 0 aliphatic carbocycles. The third-order valence-corrected chi connectivity index (χ3v) is 5.91. The average molecular weight is 371 g/mol. The molecule has 3 rings (SSSR count). The molecule has 1 N–H and O–H groups in total. The molecule has 1 aromatic rings. The molecular weight excluding hydrogens is 336 g/mol. The van der Waals surface area contributed by atoms with Crippen LogP contribution < -0.4 is 5.32 Å². The molecule has 2 aliphatic heterocycles. The maximum absolute atomic E-state index is 12.5. The highest BCUT2D eigenvalue weighted by Gasteiger charge is 2.26. The van der Waals surface area contributed by atoms with Gasteiger partial charge in [-0.1, -0.05) is 30.3 Å². The summed E-state index contributed by atoms with van der Waals surface area (Å²) >= 11 is 0. The predicted molar refractivity (Wildman–Crippen MR) is 111 cm³/mol. The topological polar surface area (TPSA) is 47.9 Å². The van der Waals surface area contributed by atoms with E-state index in [0.29, 0.717) is 24.9 Å². The number of benzene rings is 1. The van der Waals surface area contributed by atoms with Crippen molar-refractivity contribution in [2.75, 3.05) is 33.2 Å². The highest BCUT2D eigenvalue weighted by molar-refractivity contribution is 5.81. The Labute approximate surface area is 163 Å². The lowest BCUT2D eigenvalue weighted by Gasteiger charge is -2.33. The molecule has 2 heterocycles. The van der Waals surface area contributed by atoms with Crippen LogP contribution >= 0.6 is 0 Å². The Morgan fingerprint density at radius 1 is 1.19 bits per heavy atom. The van der Waals surface area contributed by atoms with E-state index in [1.54, 1.807) is 0 Å². The van der Waals surface area contributed by atoms with Crippen LogP contribution in [0.2, 0.25) is 0 Å². The molecule has 2 atom stereocenters. The fourth-order valence-electron chi connectivity index (χ4n) is 4.36. The molecule has 0 aromatic heterocycles. The first kappa shape index (κ1) is 19.7. The minimum atomic E-state index is 0.272. The van der Waals surface area contributed by atoms with Crippen molar-refractivity contribution in [1.82, 2.24) is 15.1 Å². The van der Waals surface area contributed by atoms with Gasteiger partial charge in [0, 0.05) is 45.7 Å². The summed E-state index contributed by atoms with van der Waals surface area (Å²) in [7, 11) is 1.83. The molecule has 1 amide bonds. The SMILES string of the molecule is CN=C(NCCC(=O)N1CCCCC1C)N1CCC(Cc2ccccc2)C1. The highest BCUT2D eigenvalue weighted by atomic mass is 16.2. The minimum absolute atomic E-state index is 0.272. The number of nitrogens with one attached hydrogen (secondary N) is 1. The van der Waals surface area contributed by atoms with Gasteiger partial charge in [-0.25, -0.2) is 0 Å². The lowest BCUT2D eigenvalue weighted by molar-refractivity contribution is -0.134. The molecule has 2 fully saturated rings. The van der Waals surface area contributed by atoms with E-state index in [1.165, 1.54) is 18.4 Å².